The van der Waals surface area contributed by atoms with E-state index in [0.717, 1.165) is 20.7 Å². The van der Waals surface area contributed by atoms with E-state index in [1.165, 1.54) is 40.9 Å². The van der Waals surface area contributed by atoms with Crippen LogP contribution in [0.2, 0.25) is 5.02 Å². The van der Waals surface area contributed by atoms with Crippen LogP contribution in [0.3, 0.4) is 0 Å². The number of nitrogens with one attached hydrogen (secondary N) is 1. The predicted molar refractivity (Wildman–Crippen MR) is 118 cm³/mol. The number of nitrogens with zero attached hydrogens (tertiary/aromatic N) is 4. The van der Waals surface area contributed by atoms with Crippen molar-refractivity contribution in [2.24, 2.45) is 5.10 Å². The van der Waals surface area contributed by atoms with Crippen LogP contribution in [0, 0.1) is 0 Å². The van der Waals surface area contributed by atoms with Crippen LogP contribution in [0.5, 0.6) is 0 Å². The molecule has 1 fully saturated rings. The van der Waals surface area contributed by atoms with Crippen molar-refractivity contribution in [3.05, 3.63) is 59.0 Å². The van der Waals surface area contributed by atoms with Gasteiger partial charge in [-0.05, 0) is 42.7 Å². The van der Waals surface area contributed by atoms with Crippen LogP contribution in [0.4, 0.5) is 5.13 Å². The minimum atomic E-state index is -0.264. The maximum absolute atomic E-state index is 13.0. The number of aromatic nitrogens is 2. The summed E-state index contributed by atoms with van der Waals surface area (Å²) in [6, 6.07) is 11.4. The van der Waals surface area contributed by atoms with Crippen LogP contribution in [0.1, 0.15) is 36.6 Å². The van der Waals surface area contributed by atoms with Crippen molar-refractivity contribution in [2.45, 2.75) is 35.7 Å². The lowest BCUT2D eigenvalue weighted by atomic mass is 10.0. The zero-order valence-electron chi connectivity index (χ0n) is 15.8. The van der Waals surface area contributed by atoms with Crippen LogP contribution in [0.25, 0.3) is 0 Å². The summed E-state index contributed by atoms with van der Waals surface area (Å²) in [5.41, 5.74) is 1.78. The van der Waals surface area contributed by atoms with E-state index < -0.39 is 0 Å². The number of amides is 1. The standard InChI is InChI=1S/C20H18ClN5O2S2/c21-13-5-3-12(4-6-13)15-10-16(17-2-1-9-28-17)26(25-15)18(27)11-29-20-24-23-19(30-20)22-14-7-8-14/h1-6,9,14,16H,7-8,10-11H2,(H,22,23)/t16-/m1/s1. The number of anilines is 1. The van der Waals surface area contributed by atoms with Gasteiger partial charge in [-0.15, -0.1) is 10.2 Å². The van der Waals surface area contributed by atoms with Gasteiger partial charge < -0.3 is 9.73 Å². The second-order valence-corrected chi connectivity index (χ2v) is 9.74. The highest BCUT2D eigenvalue weighted by atomic mass is 35.5. The second kappa shape index (κ2) is 8.41. The number of hydrogen-bond donors (Lipinski definition) is 1. The molecule has 3 aromatic rings. The maximum Gasteiger partial charge on any atom is 0.253 e. The molecule has 0 saturated heterocycles. The third kappa shape index (κ3) is 4.38. The van der Waals surface area contributed by atoms with Gasteiger partial charge in [-0.1, -0.05) is 46.8 Å². The monoisotopic (exact) mass is 459 g/mol. The lowest BCUT2D eigenvalue weighted by molar-refractivity contribution is -0.130. The molecule has 1 N–H and O–H groups in total. The lowest BCUT2D eigenvalue weighted by Crippen LogP contribution is -2.28. The van der Waals surface area contributed by atoms with Crippen molar-refractivity contribution in [2.75, 3.05) is 11.1 Å². The largest absolute Gasteiger partial charge is 0.467 e. The fourth-order valence-corrected chi connectivity index (χ4v) is 4.99. The molecule has 7 nitrogen and oxygen atoms in total. The van der Waals surface area contributed by atoms with Gasteiger partial charge >= 0.3 is 0 Å². The Kier molecular flexibility index (Phi) is 5.49. The third-order valence-electron chi connectivity index (χ3n) is 4.85. The first-order chi connectivity index (χ1) is 14.7. The summed E-state index contributed by atoms with van der Waals surface area (Å²) in [7, 11) is 0. The maximum atomic E-state index is 13.0. The Labute approximate surface area is 186 Å². The van der Waals surface area contributed by atoms with Gasteiger partial charge in [0.15, 0.2) is 4.34 Å². The summed E-state index contributed by atoms with van der Waals surface area (Å²) < 4.78 is 6.35. The molecule has 1 atom stereocenters. The first-order valence-corrected chi connectivity index (χ1v) is 11.8. The molecule has 1 aromatic carbocycles. The zero-order valence-corrected chi connectivity index (χ0v) is 18.2. The van der Waals surface area contributed by atoms with Crippen molar-refractivity contribution in [1.82, 2.24) is 15.2 Å². The number of rotatable bonds is 7. The quantitative estimate of drug-likeness (QED) is 0.509. The third-order valence-corrected chi connectivity index (χ3v) is 7.07. The summed E-state index contributed by atoms with van der Waals surface area (Å²) in [4.78, 5) is 13.0. The minimum absolute atomic E-state index is 0.0998. The molecule has 0 spiro atoms. The molecule has 0 unspecified atom stereocenters. The Morgan fingerprint density at radius 2 is 2.10 bits per heavy atom. The number of hydrogen-bond acceptors (Lipinski definition) is 8. The highest BCUT2D eigenvalue weighted by molar-refractivity contribution is 8.01. The van der Waals surface area contributed by atoms with E-state index in [1.807, 2.05) is 36.4 Å². The number of benzene rings is 1. The molecule has 5 rings (SSSR count). The number of carbonyl (C=O) groups excluding carboxylic acids is 1. The fourth-order valence-electron chi connectivity index (χ4n) is 3.18. The van der Waals surface area contributed by atoms with Crippen LogP contribution < -0.4 is 5.32 Å². The van der Waals surface area contributed by atoms with E-state index >= 15 is 0 Å². The number of carbonyl (C=O) groups is 1. The molecule has 3 heterocycles. The molecule has 0 radical (unpaired) electrons. The molecule has 1 aliphatic heterocycles. The topological polar surface area (TPSA) is 83.6 Å². The van der Waals surface area contributed by atoms with Crippen molar-refractivity contribution in [3.8, 4) is 0 Å². The van der Waals surface area contributed by atoms with Gasteiger partial charge in [-0.25, -0.2) is 5.01 Å². The van der Waals surface area contributed by atoms with Gasteiger partial charge in [0.25, 0.3) is 5.91 Å². The molecule has 154 valence electrons. The van der Waals surface area contributed by atoms with Gasteiger partial charge in [0.2, 0.25) is 5.13 Å². The van der Waals surface area contributed by atoms with Gasteiger partial charge in [0.1, 0.15) is 11.8 Å². The number of furan rings is 1. The SMILES string of the molecule is O=C(CSc1nnc(NC2CC2)s1)N1N=C(c2ccc(Cl)cc2)C[C@@H]1c1ccco1. The van der Waals surface area contributed by atoms with Crippen LogP contribution in [-0.4, -0.2) is 38.6 Å². The first kappa shape index (κ1) is 19.6. The van der Waals surface area contributed by atoms with Crippen molar-refractivity contribution < 1.29 is 9.21 Å². The Morgan fingerprint density at radius 1 is 1.27 bits per heavy atom. The average Bonchev–Trinajstić information content (AvgIpc) is 3.17. The zero-order chi connectivity index (χ0) is 20.5. The Balaban J connectivity index is 1.30. The van der Waals surface area contributed by atoms with Gasteiger partial charge in [-0.3, -0.25) is 4.79 Å². The van der Waals surface area contributed by atoms with Crippen molar-refractivity contribution in [3.63, 3.8) is 0 Å². The van der Waals surface area contributed by atoms with E-state index in [1.54, 1.807) is 6.26 Å². The van der Waals surface area contributed by atoms with Crippen LogP contribution in [0.15, 0.2) is 56.5 Å². The molecular formula is C20H18ClN5O2S2. The summed E-state index contributed by atoms with van der Waals surface area (Å²) in [5.74, 6) is 0.845. The van der Waals surface area contributed by atoms with Crippen LogP contribution in [-0.2, 0) is 4.79 Å². The molecule has 1 amide bonds. The minimum Gasteiger partial charge on any atom is -0.467 e. The predicted octanol–water partition coefficient (Wildman–Crippen LogP) is 4.83. The highest BCUT2D eigenvalue weighted by Gasteiger charge is 2.35. The Morgan fingerprint density at radius 3 is 2.83 bits per heavy atom. The van der Waals surface area contributed by atoms with Crippen molar-refractivity contribution in [1.29, 1.82) is 0 Å². The number of halogens is 1. The van der Waals surface area contributed by atoms with Gasteiger partial charge in [0.05, 0.1) is 17.7 Å². The van der Waals surface area contributed by atoms with Crippen LogP contribution >= 0.6 is 34.7 Å². The summed E-state index contributed by atoms with van der Waals surface area (Å²) in [6.45, 7) is 0. The molecule has 0 bridgehead atoms. The normalized spacial score (nSPS) is 18.5. The van der Waals surface area contributed by atoms with E-state index in [4.69, 9.17) is 16.0 Å². The molecule has 1 aliphatic carbocycles. The lowest BCUT2D eigenvalue weighted by Gasteiger charge is -2.19. The average molecular weight is 460 g/mol. The van der Waals surface area contributed by atoms with E-state index in [0.29, 0.717) is 23.2 Å². The molecule has 2 aromatic heterocycles. The molecule has 1 saturated carbocycles. The Hall–Kier alpha value is -2.36. The number of hydrazone groups is 1. The Bertz CT molecular complexity index is 1060. The molecule has 30 heavy (non-hydrogen) atoms. The van der Waals surface area contributed by atoms with Gasteiger partial charge in [0, 0.05) is 17.5 Å². The molecule has 10 heteroatoms. The van der Waals surface area contributed by atoms with E-state index in [9.17, 15) is 4.79 Å². The summed E-state index contributed by atoms with van der Waals surface area (Å²) in [6.07, 6.45) is 4.55. The van der Waals surface area contributed by atoms with E-state index in [-0.39, 0.29) is 17.7 Å². The smallest absolute Gasteiger partial charge is 0.253 e. The summed E-state index contributed by atoms with van der Waals surface area (Å²) >= 11 is 8.86. The fraction of sp³-hybridized carbons (Fsp3) is 0.300. The highest BCUT2D eigenvalue weighted by Crippen LogP contribution is 2.35. The molecular weight excluding hydrogens is 442 g/mol. The molecule has 2 aliphatic rings. The second-order valence-electron chi connectivity index (χ2n) is 7.11. The van der Waals surface area contributed by atoms with E-state index in [2.05, 4.69) is 20.6 Å². The summed E-state index contributed by atoms with van der Waals surface area (Å²) in [5, 5.41) is 19.3. The first-order valence-electron chi connectivity index (χ1n) is 9.57. The number of thioether (sulfide) groups is 1. The van der Waals surface area contributed by atoms with Crippen molar-refractivity contribution >= 4 is 51.5 Å². The van der Waals surface area contributed by atoms with Gasteiger partial charge in [-0.2, -0.15) is 5.10 Å².